The molecule has 1 N–H and O–H groups in total. The molecule has 3 aromatic heterocycles. The van der Waals surface area contributed by atoms with E-state index in [4.69, 9.17) is 14.5 Å². The number of fused-ring (bicyclic) bond motifs is 3. The standard InChI is InChI=1S/C34H38N8O5/c1-39(2)32(44)28-14-24-16-36-33(38-30(24)42(28)25-10-6-7-11-25)37-29-13-12-23(15-35-29)31(43)40-17-26-20-46-21-27(18-40)41(26)34(45)47-19-22-8-4-3-5-9-22/h3-5,8-9,12-16,25-27H,6-7,10-11,17-21H2,1-2H3,(H,35,36,37,38). The summed E-state index contributed by atoms with van der Waals surface area (Å²) in [4.78, 5) is 58.4. The number of nitrogens with one attached hydrogen (secondary N) is 1. The lowest BCUT2D eigenvalue weighted by atomic mass is 10.0. The normalized spacial score (nSPS) is 19.5. The van der Waals surface area contributed by atoms with E-state index in [1.807, 2.05) is 36.4 Å². The fourth-order valence-electron chi connectivity index (χ4n) is 6.81. The first-order chi connectivity index (χ1) is 22.9. The zero-order valence-corrected chi connectivity index (χ0v) is 26.5. The van der Waals surface area contributed by atoms with Crippen LogP contribution in [0.15, 0.2) is 60.9 Å². The van der Waals surface area contributed by atoms with Gasteiger partial charge in [-0.3, -0.25) is 14.5 Å². The summed E-state index contributed by atoms with van der Waals surface area (Å²) in [5, 5.41) is 3.96. The van der Waals surface area contributed by atoms with Gasteiger partial charge in [-0.25, -0.2) is 14.8 Å². The maximum absolute atomic E-state index is 13.5. The molecule has 2 saturated heterocycles. The number of carbonyl (C=O) groups excluding carboxylic acids is 3. The first kappa shape index (κ1) is 30.6. The minimum Gasteiger partial charge on any atom is -0.445 e. The molecule has 47 heavy (non-hydrogen) atoms. The van der Waals surface area contributed by atoms with E-state index in [2.05, 4.69) is 19.9 Å². The summed E-state index contributed by atoms with van der Waals surface area (Å²) in [5.74, 6) is 0.615. The van der Waals surface area contributed by atoms with Crippen LogP contribution >= 0.6 is 0 Å². The number of piperazine rings is 1. The lowest BCUT2D eigenvalue weighted by Gasteiger charge is -2.48. The molecule has 4 aromatic rings. The number of pyridine rings is 1. The molecule has 0 radical (unpaired) electrons. The van der Waals surface area contributed by atoms with Crippen molar-refractivity contribution in [3.63, 3.8) is 0 Å². The third-order valence-electron chi connectivity index (χ3n) is 9.11. The Morgan fingerprint density at radius 1 is 0.957 bits per heavy atom. The molecule has 3 aliphatic rings. The Labute approximate surface area is 272 Å². The molecule has 1 saturated carbocycles. The third kappa shape index (κ3) is 6.22. The highest BCUT2D eigenvalue weighted by Crippen LogP contribution is 2.35. The van der Waals surface area contributed by atoms with Crippen LogP contribution in [0.1, 0.15) is 58.1 Å². The van der Waals surface area contributed by atoms with Crippen molar-refractivity contribution in [3.05, 3.63) is 77.7 Å². The molecule has 2 unspecified atom stereocenters. The molecule has 3 amide bonds. The fourth-order valence-corrected chi connectivity index (χ4v) is 6.81. The molecule has 3 fully saturated rings. The molecule has 2 atom stereocenters. The van der Waals surface area contributed by atoms with Crippen LogP contribution in [0.25, 0.3) is 11.0 Å². The van der Waals surface area contributed by atoms with Gasteiger partial charge in [0.05, 0.1) is 30.9 Å². The second kappa shape index (κ2) is 13.0. The summed E-state index contributed by atoms with van der Waals surface area (Å²) in [6.45, 7) is 1.53. The Morgan fingerprint density at radius 3 is 2.38 bits per heavy atom. The van der Waals surface area contributed by atoms with Gasteiger partial charge in [-0.2, -0.15) is 4.98 Å². The van der Waals surface area contributed by atoms with Crippen LogP contribution in [-0.2, 0) is 16.1 Å². The average Bonchev–Trinajstić information content (AvgIpc) is 3.75. The van der Waals surface area contributed by atoms with Gasteiger partial charge in [-0.15, -0.1) is 0 Å². The van der Waals surface area contributed by atoms with Gasteiger partial charge in [0.25, 0.3) is 11.8 Å². The highest BCUT2D eigenvalue weighted by Gasteiger charge is 2.43. The molecule has 2 bridgehead atoms. The smallest absolute Gasteiger partial charge is 0.410 e. The van der Waals surface area contributed by atoms with Gasteiger partial charge in [0.1, 0.15) is 23.8 Å². The van der Waals surface area contributed by atoms with Crippen LogP contribution in [0.4, 0.5) is 16.6 Å². The molecule has 2 aliphatic heterocycles. The van der Waals surface area contributed by atoms with E-state index in [-0.39, 0.29) is 36.5 Å². The number of nitrogens with zero attached hydrogens (tertiary/aromatic N) is 7. The van der Waals surface area contributed by atoms with Crippen molar-refractivity contribution < 1.29 is 23.9 Å². The number of aromatic nitrogens is 4. The van der Waals surface area contributed by atoms with Crippen molar-refractivity contribution >= 4 is 40.7 Å². The molecular formula is C34H38N8O5. The number of morpholine rings is 1. The van der Waals surface area contributed by atoms with Crippen molar-refractivity contribution in [2.45, 2.75) is 50.4 Å². The summed E-state index contributed by atoms with van der Waals surface area (Å²) in [7, 11) is 3.50. The second-order valence-electron chi connectivity index (χ2n) is 12.6. The van der Waals surface area contributed by atoms with Crippen LogP contribution < -0.4 is 5.32 Å². The number of hydrogen-bond acceptors (Lipinski definition) is 9. The Morgan fingerprint density at radius 2 is 1.70 bits per heavy atom. The first-order valence-electron chi connectivity index (χ1n) is 16.0. The van der Waals surface area contributed by atoms with Crippen molar-refractivity contribution in [2.24, 2.45) is 0 Å². The summed E-state index contributed by atoms with van der Waals surface area (Å²) in [5.41, 5.74) is 2.68. The van der Waals surface area contributed by atoms with Gasteiger partial charge in [-0.1, -0.05) is 43.2 Å². The largest absolute Gasteiger partial charge is 0.445 e. The maximum atomic E-state index is 13.5. The van der Waals surface area contributed by atoms with E-state index in [0.29, 0.717) is 55.0 Å². The fraction of sp³-hybridized carbons (Fsp3) is 0.412. The summed E-state index contributed by atoms with van der Waals surface area (Å²) < 4.78 is 13.4. The van der Waals surface area contributed by atoms with Crippen LogP contribution in [0.5, 0.6) is 0 Å². The number of rotatable bonds is 7. The van der Waals surface area contributed by atoms with Gasteiger partial charge in [-0.05, 0) is 36.6 Å². The van der Waals surface area contributed by atoms with Crippen LogP contribution in [-0.4, -0.2) is 105 Å². The van der Waals surface area contributed by atoms with E-state index in [0.717, 1.165) is 36.6 Å². The van der Waals surface area contributed by atoms with E-state index in [9.17, 15) is 14.4 Å². The molecule has 0 spiro atoms. The number of hydrogen-bond donors (Lipinski definition) is 1. The zero-order valence-electron chi connectivity index (χ0n) is 26.5. The van der Waals surface area contributed by atoms with Gasteiger partial charge < -0.3 is 29.2 Å². The number of carbonyl (C=O) groups is 3. The van der Waals surface area contributed by atoms with Gasteiger partial charge in [0.2, 0.25) is 5.95 Å². The Bertz CT molecular complexity index is 1760. The van der Waals surface area contributed by atoms with E-state index in [1.165, 1.54) is 6.20 Å². The SMILES string of the molecule is CN(C)C(=O)c1cc2cnc(Nc3ccc(C(=O)N4CC5COCC(C4)N5C(=O)OCc4ccccc4)cn3)nc2n1C1CCCC1. The monoisotopic (exact) mass is 638 g/mol. The van der Waals surface area contributed by atoms with Crippen molar-refractivity contribution in [1.29, 1.82) is 0 Å². The molecule has 13 nitrogen and oxygen atoms in total. The van der Waals surface area contributed by atoms with Crippen molar-refractivity contribution in [3.8, 4) is 0 Å². The van der Waals surface area contributed by atoms with E-state index < -0.39 is 6.09 Å². The number of benzene rings is 1. The Balaban J connectivity index is 1.02. The highest BCUT2D eigenvalue weighted by atomic mass is 16.6. The quantitative estimate of drug-likeness (QED) is 0.315. The topological polar surface area (TPSA) is 135 Å². The van der Waals surface area contributed by atoms with Crippen molar-refractivity contribution in [1.82, 2.24) is 34.2 Å². The molecule has 7 rings (SSSR count). The Kier molecular flexibility index (Phi) is 8.46. The lowest BCUT2D eigenvalue weighted by Crippen LogP contribution is -2.66. The van der Waals surface area contributed by atoms with Gasteiger partial charge in [0.15, 0.2) is 0 Å². The average molecular weight is 639 g/mol. The second-order valence-corrected chi connectivity index (χ2v) is 12.6. The van der Waals surface area contributed by atoms with Crippen molar-refractivity contribution in [2.75, 3.05) is 45.7 Å². The van der Waals surface area contributed by atoms with Crippen LogP contribution in [0.3, 0.4) is 0 Å². The number of amides is 3. The van der Waals surface area contributed by atoms with Crippen LogP contribution in [0, 0.1) is 0 Å². The molecule has 5 heterocycles. The minimum atomic E-state index is -0.396. The lowest BCUT2D eigenvalue weighted by molar-refractivity contribution is -0.0819. The number of ether oxygens (including phenoxy) is 2. The first-order valence-corrected chi connectivity index (χ1v) is 16.0. The van der Waals surface area contributed by atoms with Gasteiger partial charge in [0, 0.05) is 51.0 Å². The summed E-state index contributed by atoms with van der Waals surface area (Å²) in [6.07, 6.45) is 7.11. The third-order valence-corrected chi connectivity index (χ3v) is 9.11. The molecule has 1 aromatic carbocycles. The highest BCUT2D eigenvalue weighted by molar-refractivity contribution is 5.98. The predicted octanol–water partition coefficient (Wildman–Crippen LogP) is 4.25. The zero-order chi connectivity index (χ0) is 32.5. The molecule has 244 valence electrons. The van der Waals surface area contributed by atoms with E-state index >= 15 is 0 Å². The minimum absolute atomic E-state index is 0.0631. The molecule has 13 heteroatoms. The van der Waals surface area contributed by atoms with Gasteiger partial charge >= 0.3 is 6.09 Å². The van der Waals surface area contributed by atoms with E-state index in [1.54, 1.807) is 47.1 Å². The summed E-state index contributed by atoms with van der Waals surface area (Å²) in [6, 6.07) is 14.5. The Hall–Kier alpha value is -5.04. The maximum Gasteiger partial charge on any atom is 0.410 e. The number of anilines is 2. The van der Waals surface area contributed by atoms with Crippen LogP contribution in [0.2, 0.25) is 0 Å². The summed E-state index contributed by atoms with van der Waals surface area (Å²) >= 11 is 0. The molecular weight excluding hydrogens is 600 g/mol. The predicted molar refractivity (Wildman–Crippen MR) is 173 cm³/mol. The molecule has 1 aliphatic carbocycles.